The van der Waals surface area contributed by atoms with E-state index in [4.69, 9.17) is 21.4 Å². The zero-order chi connectivity index (χ0) is 15.7. The smallest absolute Gasteiger partial charge is 0.330 e. The number of hydrogen-bond acceptors (Lipinski definition) is 6. The number of ether oxygens (including phenoxy) is 1. The first-order valence-corrected chi connectivity index (χ1v) is 7.47. The van der Waals surface area contributed by atoms with E-state index in [1.54, 1.807) is 0 Å². The predicted octanol–water partition coefficient (Wildman–Crippen LogP) is -0.880. The molecule has 0 saturated carbocycles. The van der Waals surface area contributed by atoms with Crippen molar-refractivity contribution in [2.24, 2.45) is 0 Å². The van der Waals surface area contributed by atoms with Gasteiger partial charge in [0.2, 0.25) is 0 Å². The van der Waals surface area contributed by atoms with Crippen molar-refractivity contribution in [3.05, 3.63) is 36.7 Å². The molecule has 1 fully saturated rings. The molecule has 0 amide bonds. The molecule has 1 aliphatic heterocycles. The summed E-state index contributed by atoms with van der Waals surface area (Å²) in [6, 6.07) is 0. The first kappa shape index (κ1) is 16.6. The van der Waals surface area contributed by atoms with Gasteiger partial charge in [-0.2, -0.15) is 0 Å². The monoisotopic (exact) mass is 430 g/mol. The molecule has 0 spiro atoms. The van der Waals surface area contributed by atoms with Crippen molar-refractivity contribution in [1.82, 2.24) is 9.55 Å². The van der Waals surface area contributed by atoms with E-state index < -0.39 is 42.4 Å². The summed E-state index contributed by atoms with van der Waals surface area (Å²) < 4.78 is 7.60. The summed E-state index contributed by atoms with van der Waals surface area (Å²) in [5.41, 5.74) is -1.49. The second-order valence-electron chi connectivity index (χ2n) is 4.40. The van der Waals surface area contributed by atoms with Crippen LogP contribution in [0.25, 0.3) is 5.03 Å². The van der Waals surface area contributed by atoms with Crippen molar-refractivity contribution in [1.29, 1.82) is 0 Å². The van der Waals surface area contributed by atoms with E-state index in [1.165, 1.54) is 4.08 Å². The second kappa shape index (κ2) is 6.58. The molecule has 116 valence electrons. The molecule has 4 atom stereocenters. The number of aromatic amines is 1. The van der Waals surface area contributed by atoms with Crippen molar-refractivity contribution in [3.63, 3.8) is 0 Å². The number of H-pyrrole nitrogens is 1. The van der Waals surface area contributed by atoms with Gasteiger partial charge in [-0.3, -0.25) is 14.3 Å². The average Bonchev–Trinajstić information content (AvgIpc) is 2.74. The summed E-state index contributed by atoms with van der Waals surface area (Å²) in [4.78, 5) is 25.6. The molecule has 2 heterocycles. The quantitative estimate of drug-likeness (QED) is 0.462. The van der Waals surface area contributed by atoms with Gasteiger partial charge in [0.15, 0.2) is 6.23 Å². The van der Waals surface area contributed by atoms with Crippen molar-refractivity contribution >= 4 is 39.2 Å². The highest BCUT2D eigenvalue weighted by atomic mass is 127. The molecule has 1 saturated heterocycles. The summed E-state index contributed by atoms with van der Waals surface area (Å²) >= 11 is 7.70. The molecule has 0 aromatic carbocycles. The van der Waals surface area contributed by atoms with Gasteiger partial charge in [-0.15, -0.1) is 0 Å². The Hall–Kier alpha value is -0.720. The summed E-state index contributed by atoms with van der Waals surface area (Å²) in [6.45, 7) is -0.520. The van der Waals surface area contributed by atoms with Crippen LogP contribution in [0.3, 0.4) is 0 Å². The maximum Gasteiger partial charge on any atom is 0.330 e. The lowest BCUT2D eigenvalue weighted by Gasteiger charge is -2.17. The van der Waals surface area contributed by atoms with Crippen molar-refractivity contribution in [2.75, 3.05) is 6.61 Å². The summed E-state index contributed by atoms with van der Waals surface area (Å²) in [6.07, 6.45) is -3.90. The van der Waals surface area contributed by atoms with Gasteiger partial charge in [-0.25, -0.2) is 4.79 Å². The van der Waals surface area contributed by atoms with Crippen LogP contribution in [0.5, 0.6) is 0 Å². The van der Waals surface area contributed by atoms with Gasteiger partial charge in [0, 0.05) is 6.20 Å². The summed E-state index contributed by atoms with van der Waals surface area (Å²) in [5.74, 6) is 0. The highest BCUT2D eigenvalue weighted by Crippen LogP contribution is 2.28. The lowest BCUT2D eigenvalue weighted by molar-refractivity contribution is -0.0550. The van der Waals surface area contributed by atoms with E-state index >= 15 is 0 Å². The fourth-order valence-corrected chi connectivity index (χ4v) is 2.48. The lowest BCUT2D eigenvalue weighted by atomic mass is 10.1. The molecule has 0 radical (unpaired) electrons. The third-order valence-electron chi connectivity index (χ3n) is 3.11. The Balaban J connectivity index is 2.50. The molecule has 1 aromatic rings. The van der Waals surface area contributed by atoms with Gasteiger partial charge in [0.25, 0.3) is 5.56 Å². The van der Waals surface area contributed by atoms with E-state index in [9.17, 15) is 19.8 Å². The zero-order valence-corrected chi connectivity index (χ0v) is 13.4. The van der Waals surface area contributed by atoms with E-state index in [1.807, 2.05) is 22.6 Å². The number of aliphatic hydroxyl groups is 3. The third kappa shape index (κ3) is 3.07. The summed E-state index contributed by atoms with van der Waals surface area (Å²) in [7, 11) is 0. The lowest BCUT2D eigenvalue weighted by Crippen LogP contribution is -2.38. The fourth-order valence-electron chi connectivity index (χ4n) is 2.01. The average molecular weight is 431 g/mol. The molecular formula is C11H12ClIN2O6. The fraction of sp³-hybridized carbons (Fsp3) is 0.455. The Labute approximate surface area is 136 Å². The Morgan fingerprint density at radius 3 is 2.67 bits per heavy atom. The van der Waals surface area contributed by atoms with Gasteiger partial charge in [0.1, 0.15) is 18.3 Å². The maximum atomic E-state index is 11.8. The molecule has 2 rings (SSSR count). The topological polar surface area (TPSA) is 125 Å². The Bertz CT molecular complexity index is 671. The van der Waals surface area contributed by atoms with Crippen LogP contribution in [0.15, 0.2) is 19.9 Å². The number of nitrogens with one attached hydrogen (secondary N) is 1. The molecule has 10 heteroatoms. The minimum absolute atomic E-state index is 0.0170. The minimum Gasteiger partial charge on any atom is -0.394 e. The second-order valence-corrected chi connectivity index (χ2v) is 5.43. The Kier molecular flexibility index (Phi) is 5.22. The highest BCUT2D eigenvalue weighted by Gasteiger charge is 2.43. The summed E-state index contributed by atoms with van der Waals surface area (Å²) in [5, 5.41) is 28.8. The number of halogens is 2. The van der Waals surface area contributed by atoms with E-state index in [0.717, 1.165) is 10.8 Å². The SMILES string of the molecule is O=c1[nH]c(=O)n([C@@H]2O[C@H](CO)[C@@H](O)[C@H]2O)cc1C(Cl)=CI. The number of aromatic nitrogens is 2. The molecule has 4 N–H and O–H groups in total. The van der Waals surface area contributed by atoms with E-state index in [-0.39, 0.29) is 10.6 Å². The number of nitrogens with zero attached hydrogens (tertiary/aromatic N) is 1. The standard InChI is InChI=1S/C11H12ClIN2O6/c12-5(1-13)4-2-15(11(20)14-9(4)19)10-8(18)7(17)6(3-16)21-10/h1-2,6-8,10,16-18H,3H2,(H,14,19,20)/t6-,7-,8-,10-/m1/s1. The van der Waals surface area contributed by atoms with E-state index in [2.05, 4.69) is 4.98 Å². The van der Waals surface area contributed by atoms with Gasteiger partial charge >= 0.3 is 5.69 Å². The van der Waals surface area contributed by atoms with Crippen molar-refractivity contribution in [3.8, 4) is 0 Å². The third-order valence-corrected chi connectivity index (χ3v) is 4.42. The van der Waals surface area contributed by atoms with Crippen LogP contribution in [-0.4, -0.2) is 49.8 Å². The minimum atomic E-state index is -1.43. The molecule has 0 unspecified atom stereocenters. The molecule has 1 aliphatic rings. The molecule has 8 nitrogen and oxygen atoms in total. The van der Waals surface area contributed by atoms with E-state index in [0.29, 0.717) is 0 Å². The number of hydrogen-bond donors (Lipinski definition) is 4. The molecule has 0 aliphatic carbocycles. The van der Waals surface area contributed by atoms with Gasteiger partial charge in [-0.05, 0) is 4.08 Å². The Morgan fingerprint density at radius 1 is 1.48 bits per heavy atom. The predicted molar refractivity (Wildman–Crippen MR) is 82.2 cm³/mol. The zero-order valence-electron chi connectivity index (χ0n) is 10.4. The van der Waals surface area contributed by atoms with Crippen LogP contribution in [0.1, 0.15) is 11.8 Å². The first-order valence-electron chi connectivity index (χ1n) is 5.85. The molecular weight excluding hydrogens is 418 g/mol. The first-order chi connectivity index (χ1) is 9.90. The highest BCUT2D eigenvalue weighted by molar-refractivity contribution is 14.1. The van der Waals surface area contributed by atoms with Crippen molar-refractivity contribution < 1.29 is 20.1 Å². The van der Waals surface area contributed by atoms with Crippen LogP contribution in [0, 0.1) is 0 Å². The van der Waals surface area contributed by atoms with Crippen LogP contribution >= 0.6 is 34.2 Å². The number of rotatable bonds is 3. The Morgan fingerprint density at radius 2 is 2.14 bits per heavy atom. The molecule has 1 aromatic heterocycles. The van der Waals surface area contributed by atoms with Crippen LogP contribution in [0.4, 0.5) is 0 Å². The maximum absolute atomic E-state index is 11.8. The van der Waals surface area contributed by atoms with Gasteiger partial charge in [-0.1, -0.05) is 34.2 Å². The van der Waals surface area contributed by atoms with Crippen LogP contribution < -0.4 is 11.2 Å². The normalized spacial score (nSPS) is 29.9. The molecule has 0 bridgehead atoms. The number of aliphatic hydroxyl groups excluding tert-OH is 3. The van der Waals surface area contributed by atoms with Crippen molar-refractivity contribution in [2.45, 2.75) is 24.5 Å². The van der Waals surface area contributed by atoms with Gasteiger partial charge < -0.3 is 20.1 Å². The van der Waals surface area contributed by atoms with Crippen LogP contribution in [-0.2, 0) is 4.74 Å². The molecule has 21 heavy (non-hydrogen) atoms. The van der Waals surface area contributed by atoms with Gasteiger partial charge in [0.05, 0.1) is 17.2 Å². The van der Waals surface area contributed by atoms with Crippen LogP contribution in [0.2, 0.25) is 0 Å². The largest absolute Gasteiger partial charge is 0.394 e.